The van der Waals surface area contributed by atoms with Gasteiger partial charge in [-0.3, -0.25) is 14.8 Å². The van der Waals surface area contributed by atoms with E-state index in [9.17, 15) is 4.79 Å². The molecule has 106 valence electrons. The fourth-order valence-corrected chi connectivity index (χ4v) is 2.83. The van der Waals surface area contributed by atoms with Gasteiger partial charge in [0.15, 0.2) is 0 Å². The Morgan fingerprint density at radius 2 is 2.35 bits per heavy atom. The van der Waals surface area contributed by atoms with E-state index in [2.05, 4.69) is 20.3 Å². The predicted octanol–water partition coefficient (Wildman–Crippen LogP) is 2.01. The van der Waals surface area contributed by atoms with Crippen molar-refractivity contribution in [2.24, 2.45) is 0 Å². The molecule has 0 radical (unpaired) electrons. The van der Waals surface area contributed by atoms with Crippen molar-refractivity contribution in [1.29, 1.82) is 0 Å². The van der Waals surface area contributed by atoms with Gasteiger partial charge in [0.1, 0.15) is 10.7 Å². The van der Waals surface area contributed by atoms with Crippen LogP contribution in [0.3, 0.4) is 0 Å². The van der Waals surface area contributed by atoms with Gasteiger partial charge in [-0.25, -0.2) is 4.98 Å². The van der Waals surface area contributed by atoms with Crippen molar-refractivity contribution in [3.63, 3.8) is 0 Å². The van der Waals surface area contributed by atoms with Gasteiger partial charge in [0, 0.05) is 30.7 Å². The van der Waals surface area contributed by atoms with Crippen molar-refractivity contribution < 1.29 is 4.79 Å². The molecule has 5 nitrogen and oxygen atoms in total. The van der Waals surface area contributed by atoms with Crippen molar-refractivity contribution in [2.45, 2.75) is 13.3 Å². The summed E-state index contributed by atoms with van der Waals surface area (Å²) < 4.78 is 0. The average Bonchev–Trinajstić information content (AvgIpc) is 2.95. The minimum atomic E-state index is 0.0845. The molecule has 0 saturated carbocycles. The fourth-order valence-electron chi connectivity index (χ4n) is 1.52. The van der Waals surface area contributed by atoms with E-state index in [4.69, 9.17) is 0 Å². The highest BCUT2D eigenvalue weighted by atomic mass is 32.2. The zero-order chi connectivity index (χ0) is 14.2. The zero-order valence-corrected chi connectivity index (χ0v) is 12.8. The number of thiazole rings is 1. The lowest BCUT2D eigenvalue weighted by Crippen LogP contribution is -2.27. The SMILES string of the molecule is CCSCC(=O)NCCc1csc(-c2cnccn2)n1. The van der Waals surface area contributed by atoms with E-state index in [1.165, 1.54) is 0 Å². The average molecular weight is 308 g/mol. The normalized spacial score (nSPS) is 10.4. The van der Waals surface area contributed by atoms with Crippen LogP contribution in [0.25, 0.3) is 10.7 Å². The van der Waals surface area contributed by atoms with Crippen LogP contribution in [-0.4, -0.2) is 38.9 Å². The summed E-state index contributed by atoms with van der Waals surface area (Å²) in [5.74, 6) is 1.57. The number of nitrogens with one attached hydrogen (secondary N) is 1. The second kappa shape index (κ2) is 7.96. The van der Waals surface area contributed by atoms with Crippen LogP contribution in [0.5, 0.6) is 0 Å². The molecule has 0 saturated heterocycles. The number of aromatic nitrogens is 3. The number of hydrogen-bond donors (Lipinski definition) is 1. The highest BCUT2D eigenvalue weighted by molar-refractivity contribution is 7.99. The van der Waals surface area contributed by atoms with Gasteiger partial charge < -0.3 is 5.32 Å². The topological polar surface area (TPSA) is 67.8 Å². The second-order valence-corrected chi connectivity index (χ2v) is 6.10. The molecule has 2 aromatic heterocycles. The van der Waals surface area contributed by atoms with Gasteiger partial charge in [-0.1, -0.05) is 6.92 Å². The molecule has 0 atom stereocenters. The summed E-state index contributed by atoms with van der Waals surface area (Å²) in [4.78, 5) is 24.2. The number of carbonyl (C=O) groups is 1. The fraction of sp³-hybridized carbons (Fsp3) is 0.385. The Morgan fingerprint density at radius 1 is 1.45 bits per heavy atom. The quantitative estimate of drug-likeness (QED) is 0.847. The number of hydrogen-bond acceptors (Lipinski definition) is 6. The van der Waals surface area contributed by atoms with Crippen molar-refractivity contribution >= 4 is 29.0 Å². The van der Waals surface area contributed by atoms with Crippen LogP contribution in [0.1, 0.15) is 12.6 Å². The van der Waals surface area contributed by atoms with Crippen LogP contribution in [0, 0.1) is 0 Å². The molecular formula is C13H16N4OS2. The number of thioether (sulfide) groups is 1. The first-order valence-electron chi connectivity index (χ1n) is 6.35. The summed E-state index contributed by atoms with van der Waals surface area (Å²) in [6, 6.07) is 0. The Hall–Kier alpha value is -1.47. The highest BCUT2D eigenvalue weighted by Crippen LogP contribution is 2.20. The molecule has 7 heteroatoms. The van der Waals surface area contributed by atoms with Crippen LogP contribution in [-0.2, 0) is 11.2 Å². The first-order chi connectivity index (χ1) is 9.79. The summed E-state index contributed by atoms with van der Waals surface area (Å²) in [5, 5.41) is 5.75. The predicted molar refractivity (Wildman–Crippen MR) is 82.9 cm³/mol. The van der Waals surface area contributed by atoms with E-state index >= 15 is 0 Å². The Morgan fingerprint density at radius 3 is 3.10 bits per heavy atom. The molecule has 0 bridgehead atoms. The van der Waals surface area contributed by atoms with Gasteiger partial charge in [0.05, 0.1) is 17.6 Å². The monoisotopic (exact) mass is 308 g/mol. The summed E-state index contributed by atoms with van der Waals surface area (Å²) in [5.41, 5.74) is 1.76. The van der Waals surface area contributed by atoms with E-state index in [0.29, 0.717) is 12.3 Å². The minimum absolute atomic E-state index is 0.0845. The highest BCUT2D eigenvalue weighted by Gasteiger charge is 2.06. The van der Waals surface area contributed by atoms with Gasteiger partial charge in [0.25, 0.3) is 0 Å². The Kier molecular flexibility index (Phi) is 5.94. The lowest BCUT2D eigenvalue weighted by atomic mass is 10.3. The molecule has 0 aliphatic heterocycles. The Balaban J connectivity index is 1.80. The molecule has 1 amide bonds. The summed E-state index contributed by atoms with van der Waals surface area (Å²) in [6.07, 6.45) is 5.73. The standard InChI is InChI=1S/C13H16N4OS2/c1-2-19-9-12(18)16-4-3-10-8-20-13(17-10)11-7-14-5-6-15-11/h5-8H,2-4,9H2,1H3,(H,16,18). The molecule has 0 fully saturated rings. The van der Waals surface area contributed by atoms with Crippen molar-refractivity contribution in [2.75, 3.05) is 18.1 Å². The second-order valence-electron chi connectivity index (χ2n) is 3.97. The Bertz CT molecular complexity index is 544. The molecule has 2 rings (SSSR count). The molecular weight excluding hydrogens is 292 g/mol. The van der Waals surface area contributed by atoms with Gasteiger partial charge in [0.2, 0.25) is 5.91 Å². The molecule has 1 N–H and O–H groups in total. The smallest absolute Gasteiger partial charge is 0.230 e. The molecule has 0 aliphatic rings. The maximum Gasteiger partial charge on any atom is 0.230 e. The lowest BCUT2D eigenvalue weighted by Gasteiger charge is -2.02. The molecule has 0 unspecified atom stereocenters. The van der Waals surface area contributed by atoms with E-state index in [1.807, 2.05) is 12.3 Å². The van der Waals surface area contributed by atoms with E-state index in [-0.39, 0.29) is 5.91 Å². The van der Waals surface area contributed by atoms with E-state index in [1.54, 1.807) is 41.7 Å². The van der Waals surface area contributed by atoms with Crippen LogP contribution < -0.4 is 5.32 Å². The van der Waals surface area contributed by atoms with Gasteiger partial charge in [-0.2, -0.15) is 11.8 Å². The number of carbonyl (C=O) groups excluding carboxylic acids is 1. The number of amides is 1. The Labute approximate surface area is 126 Å². The van der Waals surface area contributed by atoms with Crippen LogP contribution in [0.2, 0.25) is 0 Å². The third-order valence-electron chi connectivity index (χ3n) is 2.47. The first kappa shape index (κ1) is 14.9. The molecule has 20 heavy (non-hydrogen) atoms. The first-order valence-corrected chi connectivity index (χ1v) is 8.38. The maximum absolute atomic E-state index is 11.5. The number of nitrogens with zero attached hydrogens (tertiary/aromatic N) is 3. The summed E-state index contributed by atoms with van der Waals surface area (Å²) >= 11 is 3.17. The minimum Gasteiger partial charge on any atom is -0.355 e. The maximum atomic E-state index is 11.5. The molecule has 2 heterocycles. The van der Waals surface area contributed by atoms with E-state index in [0.717, 1.165) is 28.6 Å². The van der Waals surface area contributed by atoms with Crippen molar-refractivity contribution in [3.8, 4) is 10.7 Å². The molecule has 2 aromatic rings. The van der Waals surface area contributed by atoms with Crippen molar-refractivity contribution in [1.82, 2.24) is 20.3 Å². The molecule has 0 aliphatic carbocycles. The summed E-state index contributed by atoms with van der Waals surface area (Å²) in [7, 11) is 0. The van der Waals surface area contributed by atoms with Crippen molar-refractivity contribution in [3.05, 3.63) is 29.7 Å². The van der Waals surface area contributed by atoms with Gasteiger partial charge >= 0.3 is 0 Å². The zero-order valence-electron chi connectivity index (χ0n) is 11.2. The lowest BCUT2D eigenvalue weighted by molar-refractivity contribution is -0.118. The molecule has 0 aromatic carbocycles. The third-order valence-corrected chi connectivity index (χ3v) is 4.26. The third kappa shape index (κ3) is 4.57. The van der Waals surface area contributed by atoms with Gasteiger partial charge in [-0.15, -0.1) is 11.3 Å². The molecule has 0 spiro atoms. The largest absolute Gasteiger partial charge is 0.355 e. The summed E-state index contributed by atoms with van der Waals surface area (Å²) in [6.45, 7) is 2.66. The van der Waals surface area contributed by atoms with Gasteiger partial charge in [-0.05, 0) is 5.75 Å². The number of rotatable bonds is 7. The van der Waals surface area contributed by atoms with Crippen LogP contribution in [0.4, 0.5) is 0 Å². The van der Waals surface area contributed by atoms with Crippen LogP contribution >= 0.6 is 23.1 Å². The van der Waals surface area contributed by atoms with Crippen LogP contribution in [0.15, 0.2) is 24.0 Å². The van der Waals surface area contributed by atoms with E-state index < -0.39 is 0 Å².